The highest BCUT2D eigenvalue weighted by Crippen LogP contribution is 2.24. The monoisotopic (exact) mass is 386 g/mol. The van der Waals surface area contributed by atoms with E-state index in [1.165, 1.54) is 0 Å². The molecule has 5 nitrogen and oxygen atoms in total. The highest BCUT2D eigenvalue weighted by atomic mass is 16.5. The normalized spacial score (nSPS) is 15.4. The number of benzene rings is 2. The van der Waals surface area contributed by atoms with Crippen LogP contribution in [-0.4, -0.2) is 40.6 Å². The number of hydrogen-bond donors (Lipinski definition) is 2. The van der Waals surface area contributed by atoms with Gasteiger partial charge >= 0.3 is 5.97 Å². The summed E-state index contributed by atoms with van der Waals surface area (Å²) in [7, 11) is 0. The molecular weight excluding hydrogens is 356 g/mol. The maximum Gasteiger partial charge on any atom is 0.338 e. The van der Waals surface area contributed by atoms with Gasteiger partial charge in [0.05, 0.1) is 23.9 Å². The van der Waals surface area contributed by atoms with Crippen molar-refractivity contribution in [3.63, 3.8) is 0 Å². The summed E-state index contributed by atoms with van der Waals surface area (Å²) in [5, 5.41) is 18.8. The molecule has 0 aliphatic rings. The van der Waals surface area contributed by atoms with E-state index >= 15 is 0 Å². The average Bonchev–Trinajstić information content (AvgIpc) is 2.61. The molecule has 2 rings (SSSR count). The van der Waals surface area contributed by atoms with Gasteiger partial charge in [0.25, 0.3) is 0 Å². The van der Waals surface area contributed by atoms with Crippen molar-refractivity contribution in [3.05, 3.63) is 54.1 Å². The maximum absolute atomic E-state index is 12.2. The molecule has 0 heterocycles. The smallest absolute Gasteiger partial charge is 0.338 e. The van der Waals surface area contributed by atoms with Crippen LogP contribution in [0.1, 0.15) is 50.9 Å². The van der Waals surface area contributed by atoms with Gasteiger partial charge in [-0.25, -0.2) is 4.79 Å². The molecule has 152 valence electrons. The minimum atomic E-state index is -0.507. The Morgan fingerprint density at radius 2 is 1.25 bits per heavy atom. The highest BCUT2D eigenvalue weighted by molar-refractivity contribution is 5.90. The summed E-state index contributed by atoms with van der Waals surface area (Å²) in [6.07, 6.45) is -0.312. The Morgan fingerprint density at radius 3 is 1.75 bits per heavy atom. The second-order valence-corrected chi connectivity index (χ2v) is 7.42. The van der Waals surface area contributed by atoms with Gasteiger partial charge in [0.15, 0.2) is 0 Å². The van der Waals surface area contributed by atoms with Crippen LogP contribution in [0.5, 0.6) is 5.75 Å². The number of carbonyl (C=O) groups is 1. The first kappa shape index (κ1) is 21.9. The fourth-order valence-electron chi connectivity index (χ4n) is 3.06. The molecule has 0 amide bonds. The third-order valence-electron chi connectivity index (χ3n) is 4.30. The van der Waals surface area contributed by atoms with E-state index in [9.17, 15) is 15.0 Å². The van der Waals surface area contributed by atoms with Crippen LogP contribution >= 0.6 is 0 Å². The molecule has 0 aromatic heterocycles. The Bertz CT molecular complexity index is 735. The number of hydrogen-bond acceptors (Lipinski definition) is 5. The Morgan fingerprint density at radius 1 is 0.786 bits per heavy atom. The van der Waals surface area contributed by atoms with E-state index in [0.717, 1.165) is 16.9 Å². The van der Waals surface area contributed by atoms with Gasteiger partial charge in [0.2, 0.25) is 0 Å². The molecule has 2 aromatic carbocycles. The summed E-state index contributed by atoms with van der Waals surface area (Å²) in [4.78, 5) is 12.2. The molecule has 2 aromatic rings. The van der Waals surface area contributed by atoms with Crippen molar-refractivity contribution in [1.82, 2.24) is 0 Å². The second kappa shape index (κ2) is 10.2. The molecule has 0 bridgehead atoms. The molecule has 5 heteroatoms. The van der Waals surface area contributed by atoms with Crippen LogP contribution in [0, 0.1) is 0 Å². The minimum absolute atomic E-state index is 0.0626. The van der Waals surface area contributed by atoms with Crippen LogP contribution in [0.2, 0.25) is 0 Å². The Kier molecular flexibility index (Phi) is 8.03. The van der Waals surface area contributed by atoms with Crippen LogP contribution in [0.3, 0.4) is 0 Å². The molecule has 0 spiro atoms. The SMILES string of the molecule is C[C@H](O)C[C@@H](C)OC(=O)c1ccc(-c2ccc(O[C@H](C)C[C@H](C)O)cc2)cc1. The Hall–Kier alpha value is -2.37. The zero-order valence-corrected chi connectivity index (χ0v) is 17.0. The highest BCUT2D eigenvalue weighted by Gasteiger charge is 2.14. The summed E-state index contributed by atoms with van der Waals surface area (Å²) in [5.74, 6) is 0.361. The second-order valence-electron chi connectivity index (χ2n) is 7.42. The van der Waals surface area contributed by atoms with E-state index in [0.29, 0.717) is 18.4 Å². The van der Waals surface area contributed by atoms with Gasteiger partial charge in [-0.05, 0) is 63.1 Å². The molecule has 2 N–H and O–H groups in total. The number of ether oxygens (including phenoxy) is 2. The van der Waals surface area contributed by atoms with Crippen molar-refractivity contribution in [2.75, 3.05) is 0 Å². The molecule has 0 radical (unpaired) electrons. The third kappa shape index (κ3) is 6.98. The first-order chi connectivity index (χ1) is 13.2. The van der Waals surface area contributed by atoms with E-state index < -0.39 is 18.2 Å². The molecule has 0 saturated heterocycles. The molecule has 0 fully saturated rings. The Labute approximate surface area is 166 Å². The summed E-state index contributed by atoms with van der Waals surface area (Å²) in [5.41, 5.74) is 2.48. The molecule has 0 saturated carbocycles. The van der Waals surface area contributed by atoms with Gasteiger partial charge in [-0.15, -0.1) is 0 Å². The predicted octanol–water partition coefficient (Wildman–Crippen LogP) is 4.21. The van der Waals surface area contributed by atoms with Crippen LogP contribution in [-0.2, 0) is 4.74 Å². The van der Waals surface area contributed by atoms with Gasteiger partial charge < -0.3 is 19.7 Å². The minimum Gasteiger partial charge on any atom is -0.491 e. The van der Waals surface area contributed by atoms with Gasteiger partial charge in [0, 0.05) is 12.8 Å². The van der Waals surface area contributed by atoms with Crippen LogP contribution < -0.4 is 4.74 Å². The molecule has 0 aliphatic heterocycles. The maximum atomic E-state index is 12.2. The molecule has 0 unspecified atom stereocenters. The predicted molar refractivity (Wildman–Crippen MR) is 109 cm³/mol. The van der Waals surface area contributed by atoms with Crippen molar-refractivity contribution in [3.8, 4) is 16.9 Å². The van der Waals surface area contributed by atoms with E-state index in [4.69, 9.17) is 9.47 Å². The molecule has 28 heavy (non-hydrogen) atoms. The van der Waals surface area contributed by atoms with Crippen LogP contribution in [0.25, 0.3) is 11.1 Å². The van der Waals surface area contributed by atoms with Crippen LogP contribution in [0.4, 0.5) is 0 Å². The largest absolute Gasteiger partial charge is 0.491 e. The van der Waals surface area contributed by atoms with Crippen molar-refractivity contribution >= 4 is 5.97 Å². The van der Waals surface area contributed by atoms with E-state index in [2.05, 4.69) is 0 Å². The topological polar surface area (TPSA) is 76.0 Å². The van der Waals surface area contributed by atoms with E-state index in [1.807, 2.05) is 43.3 Å². The summed E-state index contributed by atoms with van der Waals surface area (Å²) < 4.78 is 11.1. The van der Waals surface area contributed by atoms with Gasteiger partial charge in [0.1, 0.15) is 11.9 Å². The number of esters is 1. The fourth-order valence-corrected chi connectivity index (χ4v) is 3.06. The first-order valence-electron chi connectivity index (χ1n) is 9.69. The standard InChI is InChI=1S/C23H30O5/c1-15(24)13-17(3)27-22-11-9-20(10-12-22)19-5-7-21(8-6-19)23(26)28-18(4)14-16(2)25/h5-12,15-18,24-25H,13-14H2,1-4H3/t15-,16-,17+,18+/m0/s1. The van der Waals surface area contributed by atoms with Crippen molar-refractivity contribution in [2.24, 2.45) is 0 Å². The van der Waals surface area contributed by atoms with Gasteiger partial charge in [-0.3, -0.25) is 0 Å². The van der Waals surface area contributed by atoms with Crippen molar-refractivity contribution in [1.29, 1.82) is 0 Å². The van der Waals surface area contributed by atoms with Crippen molar-refractivity contribution < 1.29 is 24.5 Å². The average molecular weight is 386 g/mol. The van der Waals surface area contributed by atoms with Gasteiger partial charge in [-0.1, -0.05) is 24.3 Å². The summed E-state index contributed by atoms with van der Waals surface area (Å²) >= 11 is 0. The lowest BCUT2D eigenvalue weighted by Crippen LogP contribution is -2.19. The summed E-state index contributed by atoms with van der Waals surface area (Å²) in [6.45, 7) is 7.12. The Balaban J connectivity index is 1.98. The van der Waals surface area contributed by atoms with E-state index in [-0.39, 0.29) is 12.2 Å². The zero-order chi connectivity index (χ0) is 20.7. The van der Waals surface area contributed by atoms with Gasteiger partial charge in [-0.2, -0.15) is 0 Å². The van der Waals surface area contributed by atoms with Crippen molar-refractivity contribution in [2.45, 2.75) is 65.0 Å². The quantitative estimate of drug-likeness (QED) is 0.632. The number of aliphatic hydroxyl groups is 2. The lowest BCUT2D eigenvalue weighted by Gasteiger charge is -2.16. The molecule has 4 atom stereocenters. The number of carbonyl (C=O) groups excluding carboxylic acids is 1. The fraction of sp³-hybridized carbons (Fsp3) is 0.435. The number of aliphatic hydroxyl groups excluding tert-OH is 2. The number of rotatable bonds is 9. The lowest BCUT2D eigenvalue weighted by molar-refractivity contribution is 0.0222. The third-order valence-corrected chi connectivity index (χ3v) is 4.30. The molecule has 0 aliphatic carbocycles. The lowest BCUT2D eigenvalue weighted by atomic mass is 10.0. The molecular formula is C23H30O5. The van der Waals surface area contributed by atoms with Crippen LogP contribution in [0.15, 0.2) is 48.5 Å². The first-order valence-corrected chi connectivity index (χ1v) is 9.69. The van der Waals surface area contributed by atoms with E-state index in [1.54, 1.807) is 32.9 Å². The zero-order valence-electron chi connectivity index (χ0n) is 17.0. The summed E-state index contributed by atoms with van der Waals surface area (Å²) in [6, 6.07) is 14.9.